The van der Waals surface area contributed by atoms with E-state index in [4.69, 9.17) is 5.26 Å². The van der Waals surface area contributed by atoms with E-state index in [1.165, 1.54) is 6.07 Å². The molecule has 2 aromatic rings. The quantitative estimate of drug-likeness (QED) is 0.911. The van der Waals surface area contributed by atoms with Crippen LogP contribution >= 0.6 is 15.9 Å². The van der Waals surface area contributed by atoms with Crippen LogP contribution in [0.25, 0.3) is 0 Å². The molecule has 0 spiro atoms. The molecular weight excluding hydrogens is 307 g/mol. The minimum Gasteiger partial charge on any atom is -0.381 e. The molecule has 0 aromatic heterocycles. The first kappa shape index (κ1) is 13.6. The highest BCUT2D eigenvalue weighted by Crippen LogP contribution is 2.24. The summed E-state index contributed by atoms with van der Waals surface area (Å²) in [7, 11) is 0. The number of nitrogens with one attached hydrogen (secondary N) is 1. The van der Waals surface area contributed by atoms with Crippen molar-refractivity contribution in [1.82, 2.24) is 0 Å². The topological polar surface area (TPSA) is 35.8 Å². The summed E-state index contributed by atoms with van der Waals surface area (Å²) in [5.41, 5.74) is 2.57. The molecule has 96 valence electrons. The highest BCUT2D eigenvalue weighted by Gasteiger charge is 2.08. The van der Waals surface area contributed by atoms with Crippen molar-refractivity contribution in [1.29, 1.82) is 5.26 Å². The molecule has 0 saturated heterocycles. The Labute approximate surface area is 120 Å². The van der Waals surface area contributed by atoms with E-state index in [-0.39, 0.29) is 5.56 Å². The third-order valence-electron chi connectivity index (χ3n) is 2.94. The Bertz CT molecular complexity index is 647. The van der Waals surface area contributed by atoms with Crippen molar-refractivity contribution in [2.75, 3.05) is 5.32 Å². The summed E-state index contributed by atoms with van der Waals surface area (Å²) in [4.78, 5) is 0. The smallest absolute Gasteiger partial charge is 0.145 e. The van der Waals surface area contributed by atoms with Crippen LogP contribution in [0.1, 0.15) is 16.7 Å². The van der Waals surface area contributed by atoms with Gasteiger partial charge in [-0.05, 0) is 30.7 Å². The van der Waals surface area contributed by atoms with Crippen LogP contribution in [0.5, 0.6) is 0 Å². The lowest BCUT2D eigenvalue weighted by atomic mass is 10.1. The van der Waals surface area contributed by atoms with Crippen LogP contribution in [0, 0.1) is 24.1 Å². The van der Waals surface area contributed by atoms with E-state index in [1.54, 1.807) is 12.1 Å². The van der Waals surface area contributed by atoms with Crippen molar-refractivity contribution in [3.8, 4) is 6.07 Å². The predicted molar refractivity (Wildman–Crippen MR) is 77.3 cm³/mol. The van der Waals surface area contributed by atoms with Gasteiger partial charge in [-0.3, -0.25) is 0 Å². The molecule has 2 nitrogen and oxygen atoms in total. The lowest BCUT2D eigenvalue weighted by molar-refractivity contribution is 0.609. The summed E-state index contributed by atoms with van der Waals surface area (Å²) < 4.78 is 14.9. The first-order valence-corrected chi connectivity index (χ1v) is 6.59. The fraction of sp³-hybridized carbons (Fsp3) is 0.133. The minimum absolute atomic E-state index is 0.0743. The third kappa shape index (κ3) is 2.94. The molecule has 0 aliphatic heterocycles. The van der Waals surface area contributed by atoms with E-state index in [0.717, 1.165) is 15.7 Å². The van der Waals surface area contributed by atoms with E-state index < -0.39 is 5.82 Å². The number of hydrogen-bond donors (Lipinski definition) is 1. The van der Waals surface area contributed by atoms with E-state index in [0.29, 0.717) is 12.1 Å². The Kier molecular flexibility index (Phi) is 4.18. The molecule has 0 saturated carbocycles. The maximum Gasteiger partial charge on any atom is 0.145 e. The standard InChI is InChI=1S/C15H12BrFN2/c1-10-13(16)6-3-7-14(10)19-9-12-5-2-4-11(8-18)15(12)17/h2-7,19H,9H2,1H3. The second-order valence-electron chi connectivity index (χ2n) is 4.16. The van der Waals surface area contributed by atoms with Crippen molar-refractivity contribution in [2.24, 2.45) is 0 Å². The van der Waals surface area contributed by atoms with Gasteiger partial charge >= 0.3 is 0 Å². The first-order valence-electron chi connectivity index (χ1n) is 5.80. The maximum absolute atomic E-state index is 13.9. The highest BCUT2D eigenvalue weighted by atomic mass is 79.9. The molecule has 0 unspecified atom stereocenters. The van der Waals surface area contributed by atoms with Gasteiger partial charge in [-0.2, -0.15) is 5.26 Å². The fourth-order valence-corrected chi connectivity index (χ4v) is 2.16. The Balaban J connectivity index is 2.20. The summed E-state index contributed by atoms with van der Waals surface area (Å²) in [6.45, 7) is 2.33. The van der Waals surface area contributed by atoms with Crippen molar-refractivity contribution < 1.29 is 4.39 Å². The number of anilines is 1. The van der Waals surface area contributed by atoms with Crippen molar-refractivity contribution in [3.05, 3.63) is 63.4 Å². The van der Waals surface area contributed by atoms with E-state index in [1.807, 2.05) is 31.2 Å². The zero-order valence-electron chi connectivity index (χ0n) is 10.4. The van der Waals surface area contributed by atoms with Crippen molar-refractivity contribution >= 4 is 21.6 Å². The summed E-state index contributed by atoms with van der Waals surface area (Å²) >= 11 is 3.45. The SMILES string of the molecule is Cc1c(Br)cccc1NCc1cccc(C#N)c1F. The lowest BCUT2D eigenvalue weighted by Crippen LogP contribution is -2.04. The lowest BCUT2D eigenvalue weighted by Gasteiger charge is -2.11. The number of hydrogen-bond acceptors (Lipinski definition) is 2. The van der Waals surface area contributed by atoms with E-state index in [9.17, 15) is 4.39 Å². The molecule has 0 aliphatic carbocycles. The summed E-state index contributed by atoms with van der Waals surface area (Å²) in [5, 5.41) is 12.0. The van der Waals surface area contributed by atoms with Crippen LogP contribution in [0.15, 0.2) is 40.9 Å². The third-order valence-corrected chi connectivity index (χ3v) is 3.80. The summed E-state index contributed by atoms with van der Waals surface area (Å²) in [6, 6.07) is 12.5. The van der Waals surface area contributed by atoms with Crippen LogP contribution < -0.4 is 5.32 Å². The Morgan fingerprint density at radius 3 is 2.74 bits per heavy atom. The normalized spacial score (nSPS) is 10.0. The summed E-state index contributed by atoms with van der Waals surface area (Å²) in [5.74, 6) is -0.454. The second kappa shape index (κ2) is 5.85. The monoisotopic (exact) mass is 318 g/mol. The molecule has 2 aromatic carbocycles. The number of halogens is 2. The molecule has 2 rings (SSSR count). The molecule has 0 amide bonds. The van der Waals surface area contributed by atoms with Crippen LogP contribution in [-0.2, 0) is 6.54 Å². The molecule has 19 heavy (non-hydrogen) atoms. The van der Waals surface area contributed by atoms with Gasteiger partial charge in [0.15, 0.2) is 0 Å². The van der Waals surface area contributed by atoms with Crippen molar-refractivity contribution in [2.45, 2.75) is 13.5 Å². The van der Waals surface area contributed by atoms with Crippen LogP contribution in [0.2, 0.25) is 0 Å². The van der Waals surface area contributed by atoms with Gasteiger partial charge in [0.25, 0.3) is 0 Å². The van der Waals surface area contributed by atoms with Gasteiger partial charge in [-0.25, -0.2) is 4.39 Å². The fourth-order valence-electron chi connectivity index (χ4n) is 1.79. The van der Waals surface area contributed by atoms with Gasteiger partial charge < -0.3 is 5.32 Å². The van der Waals surface area contributed by atoms with Gasteiger partial charge in [0.05, 0.1) is 5.56 Å². The van der Waals surface area contributed by atoms with Crippen LogP contribution in [0.3, 0.4) is 0 Å². The molecule has 0 fully saturated rings. The molecule has 0 radical (unpaired) electrons. The second-order valence-corrected chi connectivity index (χ2v) is 5.01. The first-order chi connectivity index (χ1) is 9.13. The zero-order chi connectivity index (χ0) is 13.8. The predicted octanol–water partition coefficient (Wildman–Crippen LogP) is 4.38. The Morgan fingerprint density at radius 2 is 2.00 bits per heavy atom. The van der Waals surface area contributed by atoms with Crippen molar-refractivity contribution in [3.63, 3.8) is 0 Å². The molecule has 0 aliphatic rings. The molecular formula is C15H12BrFN2. The Morgan fingerprint density at radius 1 is 1.26 bits per heavy atom. The molecule has 1 N–H and O–H groups in total. The van der Waals surface area contributed by atoms with Gasteiger partial charge in [0, 0.05) is 22.3 Å². The average Bonchev–Trinajstić information content (AvgIpc) is 2.42. The Hall–Kier alpha value is -1.86. The highest BCUT2D eigenvalue weighted by molar-refractivity contribution is 9.10. The number of rotatable bonds is 3. The molecule has 0 bridgehead atoms. The van der Waals surface area contributed by atoms with Gasteiger partial charge in [-0.15, -0.1) is 0 Å². The van der Waals surface area contributed by atoms with Gasteiger partial charge in [-0.1, -0.05) is 34.1 Å². The van der Waals surface area contributed by atoms with E-state index in [2.05, 4.69) is 21.2 Å². The van der Waals surface area contributed by atoms with E-state index >= 15 is 0 Å². The molecule has 0 heterocycles. The minimum atomic E-state index is -0.454. The number of nitriles is 1. The van der Waals surface area contributed by atoms with Gasteiger partial charge in [0.1, 0.15) is 11.9 Å². The molecule has 4 heteroatoms. The molecule has 0 atom stereocenters. The number of benzene rings is 2. The maximum atomic E-state index is 13.9. The number of nitrogens with zero attached hydrogens (tertiary/aromatic N) is 1. The van der Waals surface area contributed by atoms with Crippen LogP contribution in [0.4, 0.5) is 10.1 Å². The largest absolute Gasteiger partial charge is 0.381 e. The average molecular weight is 319 g/mol. The van der Waals surface area contributed by atoms with Crippen LogP contribution in [-0.4, -0.2) is 0 Å². The zero-order valence-corrected chi connectivity index (χ0v) is 12.0. The summed E-state index contributed by atoms with van der Waals surface area (Å²) in [6.07, 6.45) is 0. The van der Waals surface area contributed by atoms with Gasteiger partial charge in [0.2, 0.25) is 0 Å².